The van der Waals surface area contributed by atoms with Gasteiger partial charge in [0, 0.05) is 61.8 Å². The molecule has 10 heteroatoms. The van der Waals surface area contributed by atoms with Gasteiger partial charge in [-0.3, -0.25) is 9.48 Å². The molecule has 1 fully saturated rings. The van der Waals surface area contributed by atoms with Gasteiger partial charge < -0.3 is 14.8 Å². The van der Waals surface area contributed by atoms with Gasteiger partial charge in [0.05, 0.1) is 24.5 Å². The third-order valence-corrected chi connectivity index (χ3v) is 7.30. The number of nitrogens with one attached hydrogen (secondary N) is 1. The van der Waals surface area contributed by atoms with Gasteiger partial charge in [-0.1, -0.05) is 0 Å². The highest BCUT2D eigenvalue weighted by Crippen LogP contribution is 2.30. The highest BCUT2D eigenvalue weighted by molar-refractivity contribution is 7.97. The fraction of sp³-hybridized carbons (Fsp3) is 0.478. The predicted molar refractivity (Wildman–Crippen MR) is 130 cm³/mol. The van der Waals surface area contributed by atoms with Crippen LogP contribution in [0.3, 0.4) is 0 Å². The minimum atomic E-state index is 0.724. The molecule has 5 rings (SSSR count). The number of anilines is 1. The van der Waals surface area contributed by atoms with E-state index in [-0.39, 0.29) is 0 Å². The first kappa shape index (κ1) is 23.5. The molecule has 0 aromatic carbocycles. The Kier molecular flexibility index (Phi) is 7.79. The summed E-state index contributed by atoms with van der Waals surface area (Å²) in [5, 5.41) is 7.42. The zero-order valence-electron chi connectivity index (χ0n) is 19.6. The maximum absolute atomic E-state index is 11.0. The largest absolute Gasteiger partial charge is 0.356 e. The van der Waals surface area contributed by atoms with E-state index in [4.69, 9.17) is 0 Å². The van der Waals surface area contributed by atoms with Gasteiger partial charge >= 0.3 is 0 Å². The maximum Gasteiger partial charge on any atom is 0.166 e. The summed E-state index contributed by atoms with van der Waals surface area (Å²) in [4.78, 5) is 22.9. The highest BCUT2D eigenvalue weighted by Gasteiger charge is 2.19. The number of carbonyl (C=O) groups is 1. The third-order valence-electron chi connectivity index (χ3n) is 6.12. The average molecular weight is 469 g/mol. The summed E-state index contributed by atoms with van der Waals surface area (Å²) in [5.74, 6) is 1.10. The molecule has 0 atom stereocenters. The summed E-state index contributed by atoms with van der Waals surface area (Å²) >= 11 is 1.72. The number of hydrogen-bond acceptors (Lipinski definition) is 8. The molecule has 1 saturated heterocycles. The summed E-state index contributed by atoms with van der Waals surface area (Å²) in [7, 11) is 3.87. The van der Waals surface area contributed by atoms with E-state index in [2.05, 4.69) is 35.7 Å². The van der Waals surface area contributed by atoms with Gasteiger partial charge in [-0.05, 0) is 50.9 Å². The molecule has 0 aliphatic carbocycles. The van der Waals surface area contributed by atoms with Gasteiger partial charge in [-0.15, -0.1) is 0 Å². The van der Waals surface area contributed by atoms with Crippen molar-refractivity contribution in [2.45, 2.75) is 44.3 Å². The number of nitrogens with zero attached hydrogens (tertiary/aromatic N) is 7. The fourth-order valence-electron chi connectivity index (χ4n) is 4.16. The number of rotatable bonds is 6. The molecule has 176 valence electrons. The van der Waals surface area contributed by atoms with E-state index in [1.807, 2.05) is 48.7 Å². The van der Waals surface area contributed by atoms with Crippen LogP contribution in [0.1, 0.15) is 40.3 Å². The van der Waals surface area contributed by atoms with Crippen molar-refractivity contribution < 1.29 is 4.79 Å². The number of fused-ring (bicyclic) bond motifs is 1. The van der Waals surface area contributed by atoms with E-state index < -0.39 is 0 Å². The smallest absolute Gasteiger partial charge is 0.166 e. The van der Waals surface area contributed by atoms with E-state index in [0.29, 0.717) is 0 Å². The molecular weight excluding hydrogens is 436 g/mol. The number of aromatic nitrogens is 5. The van der Waals surface area contributed by atoms with Crippen molar-refractivity contribution >= 4 is 24.1 Å². The van der Waals surface area contributed by atoms with Crippen molar-refractivity contribution in [3.8, 4) is 0 Å². The van der Waals surface area contributed by atoms with Crippen LogP contribution < -0.4 is 10.2 Å². The number of aldehydes is 1. The number of carbonyl (C=O) groups excluding carboxylic acids is 1. The van der Waals surface area contributed by atoms with Crippen molar-refractivity contribution in [2.75, 3.05) is 31.6 Å². The Morgan fingerprint density at radius 1 is 1.21 bits per heavy atom. The van der Waals surface area contributed by atoms with Gasteiger partial charge in [-0.2, -0.15) is 5.10 Å². The Morgan fingerprint density at radius 3 is 2.76 bits per heavy atom. The predicted octanol–water partition coefficient (Wildman–Crippen LogP) is 2.66. The van der Waals surface area contributed by atoms with E-state index in [9.17, 15) is 4.79 Å². The maximum atomic E-state index is 11.0. The summed E-state index contributed by atoms with van der Waals surface area (Å²) in [6, 6.07) is 4.01. The van der Waals surface area contributed by atoms with E-state index in [1.165, 1.54) is 24.1 Å². The zero-order valence-corrected chi connectivity index (χ0v) is 20.4. The molecule has 1 N–H and O–H groups in total. The first-order chi connectivity index (χ1) is 16.1. The lowest BCUT2D eigenvalue weighted by atomic mass is 10.3. The molecule has 3 aromatic heterocycles. The average Bonchev–Trinajstić information content (AvgIpc) is 3.58. The molecule has 2 aliphatic rings. The first-order valence-electron chi connectivity index (χ1n) is 11.3. The van der Waals surface area contributed by atoms with Crippen LogP contribution in [0.2, 0.25) is 0 Å². The van der Waals surface area contributed by atoms with Gasteiger partial charge in [0.25, 0.3) is 0 Å². The Labute approximate surface area is 199 Å². The van der Waals surface area contributed by atoms with Crippen molar-refractivity contribution in [2.24, 2.45) is 7.05 Å². The monoisotopic (exact) mass is 468 g/mol. The van der Waals surface area contributed by atoms with Crippen molar-refractivity contribution in [1.82, 2.24) is 33.9 Å². The Bertz CT molecular complexity index is 1070. The minimum absolute atomic E-state index is 0.724. The number of hydrogen-bond donors (Lipinski definition) is 1. The second kappa shape index (κ2) is 11.0. The lowest BCUT2D eigenvalue weighted by Gasteiger charge is -2.26. The van der Waals surface area contributed by atoms with Gasteiger partial charge in [-0.25, -0.2) is 14.3 Å². The summed E-state index contributed by atoms with van der Waals surface area (Å²) in [6.07, 6.45) is 8.85. The van der Waals surface area contributed by atoms with Crippen LogP contribution >= 0.6 is 11.9 Å². The van der Waals surface area contributed by atoms with Crippen LogP contribution in [0.5, 0.6) is 0 Å². The minimum Gasteiger partial charge on any atom is -0.356 e. The van der Waals surface area contributed by atoms with Crippen LogP contribution in [-0.2, 0) is 26.7 Å². The molecule has 0 radical (unpaired) electrons. The summed E-state index contributed by atoms with van der Waals surface area (Å²) in [6.45, 7) is 7.92. The molecular formula is C23H32N8OS. The van der Waals surface area contributed by atoms with E-state index in [0.717, 1.165) is 67.7 Å². The topological polar surface area (TPSA) is 84.1 Å². The summed E-state index contributed by atoms with van der Waals surface area (Å²) in [5.41, 5.74) is 4.29. The van der Waals surface area contributed by atoms with Crippen molar-refractivity contribution in [3.63, 3.8) is 0 Å². The van der Waals surface area contributed by atoms with Crippen LogP contribution in [0, 0.1) is 6.92 Å². The van der Waals surface area contributed by atoms with Gasteiger partial charge in [0.2, 0.25) is 0 Å². The van der Waals surface area contributed by atoms with Crippen molar-refractivity contribution in [1.29, 1.82) is 0 Å². The van der Waals surface area contributed by atoms with Crippen molar-refractivity contribution in [3.05, 3.63) is 53.5 Å². The second-order valence-electron chi connectivity index (χ2n) is 8.29. The third kappa shape index (κ3) is 5.45. The molecule has 0 amide bonds. The molecule has 2 aliphatic heterocycles. The molecule has 0 unspecified atom stereocenters. The molecule has 5 heterocycles. The SMILES string of the molecule is CNCc1cncnc1N1CCCC1.Cc1c(SN2CCn3nccc3C2)cc(C=O)n1C. The zero-order chi connectivity index (χ0) is 23.2. The van der Waals surface area contributed by atoms with Crippen LogP contribution in [0.15, 0.2) is 35.7 Å². The van der Waals surface area contributed by atoms with Crippen LogP contribution in [0.25, 0.3) is 0 Å². The normalized spacial score (nSPS) is 15.8. The quantitative estimate of drug-likeness (QED) is 0.437. The van der Waals surface area contributed by atoms with Gasteiger partial charge in [0.15, 0.2) is 6.29 Å². The molecule has 33 heavy (non-hydrogen) atoms. The first-order valence-corrected chi connectivity index (χ1v) is 12.1. The fourth-order valence-corrected chi connectivity index (χ4v) is 5.25. The molecule has 3 aromatic rings. The lowest BCUT2D eigenvalue weighted by molar-refractivity contribution is 0.111. The molecule has 9 nitrogen and oxygen atoms in total. The van der Waals surface area contributed by atoms with Crippen LogP contribution in [0.4, 0.5) is 5.82 Å². The van der Waals surface area contributed by atoms with Crippen LogP contribution in [-0.4, -0.2) is 61.6 Å². The molecule has 0 bridgehead atoms. The standard InChI is InChI=1S/C13H16N4OS.C10H16N4/c1-10-13(7-12(9-18)15(10)2)19-16-5-6-17-11(8-16)3-4-14-17;1-11-6-9-7-12-8-13-10(9)14-4-2-3-5-14/h3-4,7,9H,5-6,8H2,1-2H3;7-8,11H,2-6H2,1H3. The Hall–Kier alpha value is -2.69. The Morgan fingerprint density at radius 2 is 2.03 bits per heavy atom. The lowest BCUT2D eigenvalue weighted by Crippen LogP contribution is -2.28. The molecule has 0 saturated carbocycles. The molecule has 0 spiro atoms. The van der Waals surface area contributed by atoms with Gasteiger partial charge in [0.1, 0.15) is 12.1 Å². The highest BCUT2D eigenvalue weighted by atomic mass is 32.2. The Balaban J connectivity index is 0.000000165. The van der Waals surface area contributed by atoms with E-state index >= 15 is 0 Å². The van der Waals surface area contributed by atoms with E-state index in [1.54, 1.807) is 18.3 Å². The summed E-state index contributed by atoms with van der Waals surface area (Å²) < 4.78 is 6.29. The second-order valence-corrected chi connectivity index (χ2v) is 9.43.